The van der Waals surface area contributed by atoms with Gasteiger partial charge in [-0.25, -0.2) is 4.79 Å². The van der Waals surface area contributed by atoms with Crippen LogP contribution in [0.3, 0.4) is 0 Å². The van der Waals surface area contributed by atoms with Gasteiger partial charge in [-0.15, -0.1) is 6.58 Å². The van der Waals surface area contributed by atoms with Crippen molar-refractivity contribution in [1.29, 1.82) is 0 Å². The van der Waals surface area contributed by atoms with Crippen LogP contribution in [0.25, 0.3) is 0 Å². The molecule has 0 bridgehead atoms. The minimum atomic E-state index is -0.645. The number of unbranched alkanes of at least 4 members (excludes halogenated alkanes) is 3. The van der Waals surface area contributed by atoms with Gasteiger partial charge in [-0.05, 0) is 37.7 Å². The van der Waals surface area contributed by atoms with Crippen molar-refractivity contribution in [1.82, 2.24) is 0 Å². The minimum absolute atomic E-state index is 0.204. The topological polar surface area (TPSA) is 89.5 Å². The van der Waals surface area contributed by atoms with Crippen molar-refractivity contribution in [2.45, 2.75) is 109 Å². The van der Waals surface area contributed by atoms with Gasteiger partial charge in [0.05, 0.1) is 6.61 Å². The van der Waals surface area contributed by atoms with E-state index in [-0.39, 0.29) is 19.0 Å². The number of hydrogen-bond acceptors (Lipinski definition) is 8. The highest BCUT2D eigenvalue weighted by atomic mass is 16.7. The van der Waals surface area contributed by atoms with Gasteiger partial charge in [-0.1, -0.05) is 76.1 Å². The van der Waals surface area contributed by atoms with Crippen LogP contribution in [-0.4, -0.2) is 62.5 Å². The summed E-state index contributed by atoms with van der Waals surface area (Å²) in [6.07, 6.45) is 7.73. The molecule has 224 valence electrons. The monoisotopic (exact) mass is 560 g/mol. The Bertz CT molecular complexity index is 871. The summed E-state index contributed by atoms with van der Waals surface area (Å²) < 4.78 is 35.9. The van der Waals surface area contributed by atoms with E-state index < -0.39 is 36.7 Å². The molecule has 40 heavy (non-hydrogen) atoms. The van der Waals surface area contributed by atoms with Crippen LogP contribution in [0.4, 0.5) is 0 Å². The summed E-state index contributed by atoms with van der Waals surface area (Å²) in [5.41, 5.74) is 0.928. The highest BCUT2D eigenvalue weighted by Crippen LogP contribution is 2.31. The molecule has 0 saturated carbocycles. The smallest absolute Gasteiger partial charge is 0.330 e. The zero-order valence-corrected chi connectivity index (χ0v) is 24.5. The van der Waals surface area contributed by atoms with Crippen LogP contribution in [0.2, 0.25) is 0 Å². The Hall–Kier alpha value is -2.52. The van der Waals surface area contributed by atoms with Crippen molar-refractivity contribution in [3.8, 4) is 0 Å². The van der Waals surface area contributed by atoms with Gasteiger partial charge >= 0.3 is 11.9 Å². The van der Waals surface area contributed by atoms with E-state index in [1.54, 1.807) is 12.2 Å². The van der Waals surface area contributed by atoms with Gasteiger partial charge in [0, 0.05) is 25.7 Å². The first-order valence-corrected chi connectivity index (χ1v) is 14.7. The lowest BCUT2D eigenvalue weighted by Gasteiger charge is -2.45. The normalized spacial score (nSPS) is 22.7. The molecule has 8 nitrogen and oxygen atoms in total. The van der Waals surface area contributed by atoms with Gasteiger partial charge < -0.3 is 28.4 Å². The minimum Gasteiger partial charge on any atom is -0.458 e. The average Bonchev–Trinajstić information content (AvgIpc) is 2.97. The summed E-state index contributed by atoms with van der Waals surface area (Å²) in [4.78, 5) is 24.8. The molecule has 0 amide bonds. The van der Waals surface area contributed by atoms with Gasteiger partial charge in [0.1, 0.15) is 24.9 Å². The van der Waals surface area contributed by atoms with Crippen LogP contribution in [0.15, 0.2) is 55.1 Å². The molecule has 1 heterocycles. The van der Waals surface area contributed by atoms with E-state index in [9.17, 15) is 9.59 Å². The molecule has 1 fully saturated rings. The molecular formula is C32H48O8. The fraction of sp³-hybridized carbons (Fsp3) is 0.625. The van der Waals surface area contributed by atoms with Crippen molar-refractivity contribution in [2.24, 2.45) is 0 Å². The molecule has 0 radical (unpaired) electrons. The van der Waals surface area contributed by atoms with Gasteiger partial charge in [-0.2, -0.15) is 0 Å². The van der Waals surface area contributed by atoms with Gasteiger partial charge in [0.25, 0.3) is 0 Å². The van der Waals surface area contributed by atoms with E-state index in [0.717, 1.165) is 31.2 Å². The van der Waals surface area contributed by atoms with E-state index >= 15 is 0 Å². The lowest BCUT2D eigenvalue weighted by atomic mass is 9.96. The molecule has 0 aromatic heterocycles. The quantitative estimate of drug-likeness (QED) is 0.0821. The summed E-state index contributed by atoms with van der Waals surface area (Å²) in [5, 5.41) is 0. The summed E-state index contributed by atoms with van der Waals surface area (Å²) >= 11 is 0. The molecule has 5 atom stereocenters. The Morgan fingerprint density at radius 3 is 2.27 bits per heavy atom. The van der Waals surface area contributed by atoms with Crippen molar-refractivity contribution in [3.63, 3.8) is 0 Å². The number of hydrogen-bond donors (Lipinski definition) is 0. The van der Waals surface area contributed by atoms with Crippen LogP contribution < -0.4 is 0 Å². The van der Waals surface area contributed by atoms with Crippen molar-refractivity contribution in [2.75, 3.05) is 19.8 Å². The van der Waals surface area contributed by atoms with Gasteiger partial charge in [-0.3, -0.25) is 4.79 Å². The predicted molar refractivity (Wildman–Crippen MR) is 154 cm³/mol. The first-order valence-electron chi connectivity index (χ1n) is 14.7. The lowest BCUT2D eigenvalue weighted by molar-refractivity contribution is -0.312. The zero-order chi connectivity index (χ0) is 29.0. The molecule has 1 aromatic rings. The highest BCUT2D eigenvalue weighted by molar-refractivity contribution is 5.81. The number of carbonyl (C=O) groups excluding carboxylic acids is 2. The zero-order valence-electron chi connectivity index (χ0n) is 24.5. The van der Waals surface area contributed by atoms with Crippen LogP contribution >= 0.6 is 0 Å². The van der Waals surface area contributed by atoms with E-state index in [4.69, 9.17) is 28.4 Å². The molecular weight excluding hydrogens is 512 g/mol. The van der Waals surface area contributed by atoms with E-state index in [0.29, 0.717) is 39.1 Å². The van der Waals surface area contributed by atoms with Crippen molar-refractivity contribution in [3.05, 3.63) is 60.7 Å². The van der Waals surface area contributed by atoms with E-state index in [1.165, 1.54) is 6.08 Å². The summed E-state index contributed by atoms with van der Waals surface area (Å²) in [7, 11) is 0. The van der Waals surface area contributed by atoms with Crippen LogP contribution in [0, 0.1) is 0 Å². The number of ether oxygens (including phenoxy) is 6. The maximum Gasteiger partial charge on any atom is 0.330 e. The fourth-order valence-electron chi connectivity index (χ4n) is 4.27. The van der Waals surface area contributed by atoms with Crippen LogP contribution in [0.5, 0.6) is 0 Å². The lowest BCUT2D eigenvalue weighted by Crippen LogP contribution is -2.61. The Balaban J connectivity index is 1.94. The molecule has 1 aliphatic rings. The van der Waals surface area contributed by atoms with Crippen molar-refractivity contribution < 1.29 is 38.0 Å². The summed E-state index contributed by atoms with van der Waals surface area (Å²) in [6, 6.07) is 9.50. The summed E-state index contributed by atoms with van der Waals surface area (Å²) in [6.45, 7) is 11.5. The number of carbonyl (C=O) groups is 2. The third kappa shape index (κ3) is 12.3. The van der Waals surface area contributed by atoms with Crippen LogP contribution in [-0.2, 0) is 44.6 Å². The predicted octanol–water partition coefficient (Wildman–Crippen LogP) is 6.08. The number of benzene rings is 1. The second kappa shape index (κ2) is 20.4. The van der Waals surface area contributed by atoms with Gasteiger partial charge in [0.2, 0.25) is 0 Å². The molecule has 1 aliphatic heterocycles. The summed E-state index contributed by atoms with van der Waals surface area (Å²) in [5.74, 6) is -0.750. The number of rotatable bonds is 20. The molecule has 2 rings (SSSR count). The first-order chi connectivity index (χ1) is 19.5. The van der Waals surface area contributed by atoms with Crippen LogP contribution in [0.1, 0.15) is 77.7 Å². The second-order valence-corrected chi connectivity index (χ2v) is 9.79. The van der Waals surface area contributed by atoms with Crippen molar-refractivity contribution >= 4 is 11.9 Å². The SMILES string of the molecule is C=CCOC1OC(CC)C(OC(=O)CCC/C=C/C(=O)OCc2ccccc2)C(OCCCC)C1OCCCC. The molecule has 1 aromatic carbocycles. The Labute approximate surface area is 240 Å². The Kier molecular flexibility index (Phi) is 17.2. The van der Waals surface area contributed by atoms with E-state index in [1.807, 2.05) is 37.3 Å². The second-order valence-electron chi connectivity index (χ2n) is 9.79. The Morgan fingerprint density at radius 2 is 1.62 bits per heavy atom. The third-order valence-electron chi connectivity index (χ3n) is 6.49. The first kappa shape index (κ1) is 33.7. The van der Waals surface area contributed by atoms with E-state index in [2.05, 4.69) is 20.4 Å². The fourth-order valence-corrected chi connectivity index (χ4v) is 4.27. The molecule has 5 unspecified atom stereocenters. The maximum absolute atomic E-state index is 12.9. The molecule has 0 aliphatic carbocycles. The molecule has 0 spiro atoms. The third-order valence-corrected chi connectivity index (χ3v) is 6.49. The number of esters is 2. The molecule has 8 heteroatoms. The standard InChI is InChI=1S/C32H48O8/c1-5-9-22-35-30-29(26(8-4)39-32(37-21-7-3)31(30)36-23-10-6-2)40-28(34)20-16-12-15-19-27(33)38-24-25-17-13-11-14-18-25/h7,11,13-15,17-19,26,29-32H,3,5-6,8-10,12,16,20-24H2,1-2,4H3/b19-15+. The molecule has 1 saturated heterocycles. The number of allylic oxidation sites excluding steroid dienone is 1. The molecule has 0 N–H and O–H groups in total. The largest absolute Gasteiger partial charge is 0.458 e. The highest BCUT2D eigenvalue weighted by Gasteiger charge is 2.49. The van der Waals surface area contributed by atoms with Gasteiger partial charge in [0.15, 0.2) is 12.4 Å². The average molecular weight is 561 g/mol. The maximum atomic E-state index is 12.9. The Morgan fingerprint density at radius 1 is 0.925 bits per heavy atom.